The summed E-state index contributed by atoms with van der Waals surface area (Å²) in [7, 11) is 0.102. The molecule has 160 valence electrons. The fourth-order valence-corrected chi connectivity index (χ4v) is 5.83. The lowest BCUT2D eigenvalue weighted by molar-refractivity contribution is 0.0601. The number of anilines is 2. The van der Waals surface area contributed by atoms with Crippen molar-refractivity contribution < 1.29 is 13.7 Å². The monoisotopic (exact) mass is 473 g/mol. The van der Waals surface area contributed by atoms with Crippen LogP contribution >= 0.6 is 23.2 Å². The minimum atomic E-state index is -1.21. The van der Waals surface area contributed by atoms with E-state index < -0.39 is 16.8 Å². The smallest absolute Gasteiger partial charge is 0.339 e. The highest BCUT2D eigenvalue weighted by Crippen LogP contribution is 2.43. The second kappa shape index (κ2) is 9.03. The number of methoxy groups -OCH3 is 1. The topological polar surface area (TPSA) is 46.6 Å². The maximum absolute atomic E-state index is 13.2. The molecule has 3 aromatic carbocycles. The van der Waals surface area contributed by atoms with Crippen LogP contribution in [0.5, 0.6) is 0 Å². The lowest BCUT2D eigenvalue weighted by Crippen LogP contribution is -2.23. The number of rotatable bonds is 3. The van der Waals surface area contributed by atoms with Gasteiger partial charge in [-0.05, 0) is 36.2 Å². The SMILES string of the molecule is COC(=O)c1cccc(-c2cc3c(cc2Cl)N(c2ccccc2)CC(C)CS3=O)c1Cl. The van der Waals surface area contributed by atoms with E-state index in [1.165, 1.54) is 7.11 Å². The zero-order valence-electron chi connectivity index (χ0n) is 17.1. The summed E-state index contributed by atoms with van der Waals surface area (Å²) in [5, 5.41) is 0.721. The molecule has 0 N–H and O–H groups in total. The normalized spacial score (nSPS) is 18.3. The minimum Gasteiger partial charge on any atom is -0.465 e. The fraction of sp³-hybridized carbons (Fsp3) is 0.208. The van der Waals surface area contributed by atoms with Crippen LogP contribution in [0, 0.1) is 5.92 Å². The predicted molar refractivity (Wildman–Crippen MR) is 127 cm³/mol. The molecule has 0 aliphatic carbocycles. The van der Waals surface area contributed by atoms with Crippen molar-refractivity contribution in [3.8, 4) is 11.1 Å². The quantitative estimate of drug-likeness (QED) is 0.416. The molecule has 0 saturated heterocycles. The number of esters is 1. The molecular weight excluding hydrogens is 453 g/mol. The first-order valence-electron chi connectivity index (χ1n) is 9.82. The van der Waals surface area contributed by atoms with Gasteiger partial charge in [0.15, 0.2) is 0 Å². The number of fused-ring (bicyclic) bond motifs is 1. The van der Waals surface area contributed by atoms with Gasteiger partial charge in [-0.3, -0.25) is 4.21 Å². The first-order valence-corrected chi connectivity index (χ1v) is 11.9. The van der Waals surface area contributed by atoms with E-state index in [1.807, 2.05) is 42.5 Å². The van der Waals surface area contributed by atoms with Crippen molar-refractivity contribution in [1.82, 2.24) is 0 Å². The van der Waals surface area contributed by atoms with Crippen LogP contribution in [0.15, 0.2) is 65.6 Å². The van der Waals surface area contributed by atoms with Gasteiger partial charge in [0, 0.05) is 29.1 Å². The van der Waals surface area contributed by atoms with Crippen molar-refractivity contribution in [1.29, 1.82) is 0 Å². The van der Waals surface area contributed by atoms with Gasteiger partial charge >= 0.3 is 5.97 Å². The molecule has 0 radical (unpaired) electrons. The van der Waals surface area contributed by atoms with E-state index in [0.29, 0.717) is 26.8 Å². The molecule has 1 heterocycles. The molecule has 2 unspecified atom stereocenters. The molecular formula is C24H21Cl2NO3S. The molecule has 0 saturated carbocycles. The van der Waals surface area contributed by atoms with Gasteiger partial charge < -0.3 is 9.64 Å². The third-order valence-corrected chi connectivity index (χ3v) is 7.69. The van der Waals surface area contributed by atoms with Crippen LogP contribution < -0.4 is 4.90 Å². The van der Waals surface area contributed by atoms with Gasteiger partial charge in [0.05, 0.1) is 44.1 Å². The van der Waals surface area contributed by atoms with Crippen LogP contribution in [0.25, 0.3) is 11.1 Å². The minimum absolute atomic E-state index is 0.224. The van der Waals surface area contributed by atoms with Crippen LogP contribution in [-0.4, -0.2) is 29.6 Å². The van der Waals surface area contributed by atoms with Crippen molar-refractivity contribution in [2.45, 2.75) is 11.8 Å². The molecule has 7 heteroatoms. The lowest BCUT2D eigenvalue weighted by atomic mass is 10.0. The Hall–Kier alpha value is -2.34. The second-order valence-electron chi connectivity index (χ2n) is 7.52. The number of benzene rings is 3. The molecule has 3 aromatic rings. The van der Waals surface area contributed by atoms with Crippen LogP contribution in [0.1, 0.15) is 17.3 Å². The number of hydrogen-bond donors (Lipinski definition) is 0. The summed E-state index contributed by atoms with van der Waals surface area (Å²) in [5.74, 6) is 0.250. The second-order valence-corrected chi connectivity index (χ2v) is 9.77. The first kappa shape index (κ1) is 21.9. The summed E-state index contributed by atoms with van der Waals surface area (Å²) in [4.78, 5) is 14.9. The maximum Gasteiger partial charge on any atom is 0.339 e. The van der Waals surface area contributed by atoms with Crippen LogP contribution in [0.3, 0.4) is 0 Å². The van der Waals surface area contributed by atoms with Gasteiger partial charge in [0.2, 0.25) is 0 Å². The molecule has 0 spiro atoms. The summed E-state index contributed by atoms with van der Waals surface area (Å²) < 4.78 is 18.1. The molecule has 0 aromatic heterocycles. The molecule has 4 rings (SSSR count). The van der Waals surface area contributed by atoms with E-state index in [4.69, 9.17) is 27.9 Å². The van der Waals surface area contributed by atoms with Crippen LogP contribution in [0.2, 0.25) is 10.0 Å². The Morgan fingerprint density at radius 3 is 2.52 bits per heavy atom. The Morgan fingerprint density at radius 2 is 1.81 bits per heavy atom. The Bertz CT molecular complexity index is 1170. The van der Waals surface area contributed by atoms with E-state index in [0.717, 1.165) is 17.9 Å². The summed E-state index contributed by atoms with van der Waals surface area (Å²) in [5.41, 5.74) is 3.32. The molecule has 1 aliphatic heterocycles. The van der Waals surface area contributed by atoms with E-state index in [2.05, 4.69) is 11.8 Å². The summed E-state index contributed by atoms with van der Waals surface area (Å²) in [6.45, 7) is 2.83. The number of para-hydroxylation sites is 1. The molecule has 2 atom stereocenters. The van der Waals surface area contributed by atoms with Crippen molar-refractivity contribution in [3.63, 3.8) is 0 Å². The third-order valence-electron chi connectivity index (χ3n) is 5.28. The first-order chi connectivity index (χ1) is 14.9. The van der Waals surface area contributed by atoms with Crippen LogP contribution in [0.4, 0.5) is 11.4 Å². The third kappa shape index (κ3) is 4.22. The number of hydrogen-bond acceptors (Lipinski definition) is 4. The number of nitrogens with zero attached hydrogens (tertiary/aromatic N) is 1. The maximum atomic E-state index is 13.2. The molecule has 4 nitrogen and oxygen atoms in total. The summed E-state index contributed by atoms with van der Waals surface area (Å²) in [6, 6.07) is 18.8. The van der Waals surface area contributed by atoms with Crippen molar-refractivity contribution in [3.05, 3.63) is 76.3 Å². The highest BCUT2D eigenvalue weighted by atomic mass is 35.5. The molecule has 31 heavy (non-hydrogen) atoms. The van der Waals surface area contributed by atoms with Gasteiger partial charge in [0.25, 0.3) is 0 Å². The molecule has 1 aliphatic rings. The van der Waals surface area contributed by atoms with E-state index >= 15 is 0 Å². The van der Waals surface area contributed by atoms with Crippen molar-refractivity contribution >= 4 is 51.3 Å². The van der Waals surface area contributed by atoms with Gasteiger partial charge in [-0.15, -0.1) is 0 Å². The summed E-state index contributed by atoms with van der Waals surface area (Å²) in [6.07, 6.45) is 0. The average molecular weight is 474 g/mol. The Morgan fingerprint density at radius 1 is 1.06 bits per heavy atom. The highest BCUT2D eigenvalue weighted by molar-refractivity contribution is 7.85. The standard InChI is InChI=1S/C24H21Cl2NO3S/c1-15-13-27(16-7-4-3-5-8-16)21-12-20(25)19(11-22(21)31(29)14-15)17-9-6-10-18(23(17)26)24(28)30-2/h3-12,15H,13-14H2,1-2H3. The fourth-order valence-electron chi connectivity index (χ4n) is 3.81. The van der Waals surface area contributed by atoms with Crippen LogP contribution in [-0.2, 0) is 15.5 Å². The Labute approximate surface area is 194 Å². The van der Waals surface area contributed by atoms with E-state index in [1.54, 1.807) is 18.2 Å². The highest BCUT2D eigenvalue weighted by Gasteiger charge is 2.27. The largest absolute Gasteiger partial charge is 0.465 e. The van der Waals surface area contributed by atoms with Gasteiger partial charge in [-0.2, -0.15) is 0 Å². The molecule has 0 bridgehead atoms. The summed E-state index contributed by atoms with van der Waals surface area (Å²) >= 11 is 13.3. The van der Waals surface area contributed by atoms with Gasteiger partial charge in [0.1, 0.15) is 0 Å². The van der Waals surface area contributed by atoms with E-state index in [9.17, 15) is 9.00 Å². The number of carbonyl (C=O) groups excluding carboxylic acids is 1. The number of halogens is 2. The molecule has 0 fully saturated rings. The van der Waals surface area contributed by atoms with E-state index in [-0.39, 0.29) is 16.5 Å². The Balaban J connectivity index is 1.90. The lowest BCUT2D eigenvalue weighted by Gasteiger charge is -2.27. The average Bonchev–Trinajstić information content (AvgIpc) is 2.89. The Kier molecular flexibility index (Phi) is 6.37. The van der Waals surface area contributed by atoms with Gasteiger partial charge in [-0.1, -0.05) is 60.5 Å². The molecule has 0 amide bonds. The van der Waals surface area contributed by atoms with Crippen molar-refractivity contribution in [2.75, 3.05) is 24.3 Å². The number of ether oxygens (including phenoxy) is 1. The zero-order valence-corrected chi connectivity index (χ0v) is 19.4. The predicted octanol–water partition coefficient (Wildman–Crippen LogP) is 6.34. The van der Waals surface area contributed by atoms with Crippen molar-refractivity contribution in [2.24, 2.45) is 5.92 Å². The number of carbonyl (C=O) groups is 1. The van der Waals surface area contributed by atoms with Gasteiger partial charge in [-0.25, -0.2) is 4.79 Å². The zero-order chi connectivity index (χ0) is 22.1.